The van der Waals surface area contributed by atoms with E-state index in [0.717, 1.165) is 10.2 Å². The third-order valence-electron chi connectivity index (χ3n) is 4.06. The third-order valence-corrected chi connectivity index (χ3v) is 4.86. The summed E-state index contributed by atoms with van der Waals surface area (Å²) in [6.45, 7) is 2.41. The van der Waals surface area contributed by atoms with Crippen LogP contribution in [-0.2, 0) is 4.79 Å². The minimum atomic E-state index is -0.764. The molecule has 0 radical (unpaired) electrons. The molecule has 110 valence electrons. The van der Waals surface area contributed by atoms with Gasteiger partial charge in [-0.3, -0.25) is 9.59 Å². The average molecular weight is 304 g/mol. The van der Waals surface area contributed by atoms with Gasteiger partial charge >= 0.3 is 5.97 Å². The fourth-order valence-corrected chi connectivity index (χ4v) is 3.57. The Kier molecular flexibility index (Phi) is 3.63. The Bertz CT molecular complexity index is 697. The molecule has 6 heteroatoms. The second kappa shape index (κ2) is 5.44. The first-order valence-electron chi connectivity index (χ1n) is 6.93. The highest BCUT2D eigenvalue weighted by Crippen LogP contribution is 2.26. The number of aromatic nitrogens is 1. The predicted octanol–water partition coefficient (Wildman–Crippen LogP) is 2.62. The summed E-state index contributed by atoms with van der Waals surface area (Å²) in [6, 6.07) is 5.46. The standard InChI is InChI=1S/C15H16N2O3S/c1-9-6-11(15(19)20)4-5-17(9)14(18)10-2-3-12-13(7-10)21-8-16-12/h2-3,7-9,11H,4-6H2,1H3,(H,19,20). The van der Waals surface area contributed by atoms with Crippen LogP contribution in [0.15, 0.2) is 23.7 Å². The van der Waals surface area contributed by atoms with Crippen molar-refractivity contribution in [2.24, 2.45) is 5.92 Å². The highest BCUT2D eigenvalue weighted by atomic mass is 32.1. The van der Waals surface area contributed by atoms with E-state index in [0.29, 0.717) is 24.9 Å². The van der Waals surface area contributed by atoms with E-state index in [1.54, 1.807) is 16.5 Å². The largest absolute Gasteiger partial charge is 0.481 e. The van der Waals surface area contributed by atoms with Crippen LogP contribution in [0.2, 0.25) is 0 Å². The molecule has 0 bridgehead atoms. The van der Waals surface area contributed by atoms with Gasteiger partial charge in [0.1, 0.15) is 0 Å². The maximum Gasteiger partial charge on any atom is 0.306 e. The number of carbonyl (C=O) groups excluding carboxylic acids is 1. The molecule has 1 aromatic heterocycles. The second-order valence-electron chi connectivity index (χ2n) is 5.44. The van der Waals surface area contributed by atoms with E-state index in [-0.39, 0.29) is 17.9 Å². The minimum Gasteiger partial charge on any atom is -0.481 e. The van der Waals surface area contributed by atoms with Crippen LogP contribution < -0.4 is 0 Å². The number of piperidine rings is 1. The number of carboxylic acids is 1. The highest BCUT2D eigenvalue weighted by molar-refractivity contribution is 7.16. The Morgan fingerprint density at radius 2 is 2.24 bits per heavy atom. The maximum absolute atomic E-state index is 12.6. The molecular weight excluding hydrogens is 288 g/mol. The second-order valence-corrected chi connectivity index (χ2v) is 6.33. The number of fused-ring (bicyclic) bond motifs is 1. The summed E-state index contributed by atoms with van der Waals surface area (Å²) in [7, 11) is 0. The van der Waals surface area contributed by atoms with Gasteiger partial charge in [0.15, 0.2) is 0 Å². The number of amides is 1. The predicted molar refractivity (Wildman–Crippen MR) is 80.5 cm³/mol. The van der Waals surface area contributed by atoms with Crippen molar-refractivity contribution in [1.82, 2.24) is 9.88 Å². The Labute approximate surface area is 126 Å². The molecule has 2 atom stereocenters. The van der Waals surface area contributed by atoms with Crippen LogP contribution in [0.4, 0.5) is 0 Å². The molecule has 1 amide bonds. The zero-order chi connectivity index (χ0) is 15.0. The molecule has 2 unspecified atom stereocenters. The Morgan fingerprint density at radius 3 is 2.95 bits per heavy atom. The lowest BCUT2D eigenvalue weighted by atomic mass is 9.91. The molecule has 3 rings (SSSR count). The van der Waals surface area contributed by atoms with Gasteiger partial charge in [-0.1, -0.05) is 0 Å². The topological polar surface area (TPSA) is 70.5 Å². The monoisotopic (exact) mass is 304 g/mol. The number of aliphatic carboxylic acids is 1. The van der Waals surface area contributed by atoms with Crippen LogP contribution in [0, 0.1) is 5.92 Å². The van der Waals surface area contributed by atoms with E-state index in [2.05, 4.69) is 4.98 Å². The van der Waals surface area contributed by atoms with Gasteiger partial charge in [0, 0.05) is 18.2 Å². The normalized spacial score (nSPS) is 22.4. The number of hydrogen-bond acceptors (Lipinski definition) is 4. The fourth-order valence-electron chi connectivity index (χ4n) is 2.85. The van der Waals surface area contributed by atoms with E-state index in [1.807, 2.05) is 19.1 Å². The zero-order valence-corrected chi connectivity index (χ0v) is 12.5. The van der Waals surface area contributed by atoms with E-state index in [9.17, 15) is 9.59 Å². The highest BCUT2D eigenvalue weighted by Gasteiger charge is 2.32. The number of thiazole rings is 1. The first-order chi connectivity index (χ1) is 10.1. The molecule has 1 aliphatic heterocycles. The Morgan fingerprint density at radius 1 is 1.43 bits per heavy atom. The molecule has 2 heterocycles. The van der Waals surface area contributed by atoms with Gasteiger partial charge in [-0.25, -0.2) is 4.98 Å². The summed E-state index contributed by atoms with van der Waals surface area (Å²) >= 11 is 1.51. The zero-order valence-electron chi connectivity index (χ0n) is 11.7. The SMILES string of the molecule is CC1CC(C(=O)O)CCN1C(=O)c1ccc2ncsc2c1. The van der Waals surface area contributed by atoms with Crippen LogP contribution in [0.1, 0.15) is 30.1 Å². The molecule has 0 spiro atoms. The molecule has 5 nitrogen and oxygen atoms in total. The number of likely N-dealkylation sites (tertiary alicyclic amines) is 1. The lowest BCUT2D eigenvalue weighted by Gasteiger charge is -2.36. The summed E-state index contributed by atoms with van der Waals surface area (Å²) in [5.74, 6) is -1.13. The van der Waals surface area contributed by atoms with Crippen molar-refractivity contribution < 1.29 is 14.7 Å². The number of carbonyl (C=O) groups is 2. The van der Waals surface area contributed by atoms with Crippen molar-refractivity contribution in [3.63, 3.8) is 0 Å². The average Bonchev–Trinajstić information content (AvgIpc) is 2.93. The van der Waals surface area contributed by atoms with E-state index >= 15 is 0 Å². The van der Waals surface area contributed by atoms with Gasteiger partial charge in [0.2, 0.25) is 0 Å². The van der Waals surface area contributed by atoms with Crippen LogP contribution >= 0.6 is 11.3 Å². The first kappa shape index (κ1) is 14.0. The van der Waals surface area contributed by atoms with Crippen LogP contribution in [0.3, 0.4) is 0 Å². The van der Waals surface area contributed by atoms with Gasteiger partial charge in [-0.2, -0.15) is 0 Å². The number of hydrogen-bond donors (Lipinski definition) is 1. The van der Waals surface area contributed by atoms with Gasteiger partial charge in [0.05, 0.1) is 21.6 Å². The molecule has 0 aliphatic carbocycles. The molecule has 0 saturated carbocycles. The lowest BCUT2D eigenvalue weighted by Crippen LogP contribution is -2.46. The fraction of sp³-hybridized carbons (Fsp3) is 0.400. The van der Waals surface area contributed by atoms with Crippen molar-refractivity contribution in [3.05, 3.63) is 29.3 Å². The van der Waals surface area contributed by atoms with Crippen LogP contribution in [-0.4, -0.2) is 39.5 Å². The van der Waals surface area contributed by atoms with Crippen molar-refractivity contribution in [1.29, 1.82) is 0 Å². The molecule has 1 aliphatic rings. The summed E-state index contributed by atoms with van der Waals surface area (Å²) < 4.78 is 0.994. The molecule has 1 saturated heterocycles. The molecule has 1 fully saturated rings. The summed E-state index contributed by atoms with van der Waals surface area (Å²) in [5, 5.41) is 9.08. The molecular formula is C15H16N2O3S. The van der Waals surface area contributed by atoms with Gasteiger partial charge < -0.3 is 10.0 Å². The van der Waals surface area contributed by atoms with Gasteiger partial charge in [-0.05, 0) is 38.0 Å². The number of rotatable bonds is 2. The number of nitrogens with zero attached hydrogens (tertiary/aromatic N) is 2. The number of benzene rings is 1. The lowest BCUT2D eigenvalue weighted by molar-refractivity contribution is -0.143. The van der Waals surface area contributed by atoms with Crippen LogP contribution in [0.25, 0.3) is 10.2 Å². The minimum absolute atomic E-state index is 0.0263. The summed E-state index contributed by atoms with van der Waals surface area (Å²) in [5.41, 5.74) is 3.31. The number of carboxylic acid groups (broad SMARTS) is 1. The van der Waals surface area contributed by atoms with Crippen molar-refractivity contribution in [2.75, 3.05) is 6.54 Å². The quantitative estimate of drug-likeness (QED) is 0.926. The van der Waals surface area contributed by atoms with Crippen LogP contribution in [0.5, 0.6) is 0 Å². The summed E-state index contributed by atoms with van der Waals surface area (Å²) in [4.78, 5) is 29.7. The smallest absolute Gasteiger partial charge is 0.306 e. The molecule has 1 aromatic carbocycles. The third kappa shape index (κ3) is 2.63. The molecule has 2 aromatic rings. The molecule has 21 heavy (non-hydrogen) atoms. The first-order valence-corrected chi connectivity index (χ1v) is 7.81. The summed E-state index contributed by atoms with van der Waals surface area (Å²) in [6.07, 6.45) is 1.04. The van der Waals surface area contributed by atoms with E-state index in [4.69, 9.17) is 5.11 Å². The Balaban J connectivity index is 1.80. The van der Waals surface area contributed by atoms with Crippen molar-refractivity contribution in [3.8, 4) is 0 Å². The molecule has 1 N–H and O–H groups in total. The van der Waals surface area contributed by atoms with Gasteiger partial charge in [0.25, 0.3) is 5.91 Å². The van der Waals surface area contributed by atoms with Crippen molar-refractivity contribution in [2.45, 2.75) is 25.8 Å². The van der Waals surface area contributed by atoms with Gasteiger partial charge in [-0.15, -0.1) is 11.3 Å². The van der Waals surface area contributed by atoms with Crippen molar-refractivity contribution >= 4 is 33.4 Å². The maximum atomic E-state index is 12.6. The Hall–Kier alpha value is -1.95. The van der Waals surface area contributed by atoms with E-state index in [1.165, 1.54) is 11.3 Å². The van der Waals surface area contributed by atoms with E-state index < -0.39 is 5.97 Å².